The number of hydrogen-bond donors (Lipinski definition) is 2. The van der Waals surface area contributed by atoms with Crippen molar-refractivity contribution in [2.45, 2.75) is 39.7 Å². The summed E-state index contributed by atoms with van der Waals surface area (Å²) in [5.74, 6) is 0. The molecule has 0 saturated heterocycles. The fourth-order valence-electron chi connectivity index (χ4n) is 1.61. The largest absolute Gasteiger partial charge is 0.380 e. The van der Waals surface area contributed by atoms with Crippen LogP contribution in [0.2, 0.25) is 0 Å². The molecule has 0 fully saturated rings. The van der Waals surface area contributed by atoms with E-state index in [4.69, 9.17) is 4.74 Å². The van der Waals surface area contributed by atoms with Gasteiger partial charge in [0.1, 0.15) is 0 Å². The molecule has 0 spiro atoms. The Morgan fingerprint density at radius 2 is 2.19 bits per heavy atom. The number of nitrogens with one attached hydrogen (secondary N) is 2. The number of H-pyrrole nitrogens is 1. The third-order valence-corrected chi connectivity index (χ3v) is 2.41. The van der Waals surface area contributed by atoms with Crippen LogP contribution in [0.1, 0.15) is 39.0 Å². The average Bonchev–Trinajstić information content (AvgIpc) is 2.65. The van der Waals surface area contributed by atoms with E-state index in [1.807, 2.05) is 13.1 Å². The molecule has 0 aromatic carbocycles. The van der Waals surface area contributed by atoms with Crippen LogP contribution in [0.15, 0.2) is 6.20 Å². The van der Waals surface area contributed by atoms with Gasteiger partial charge >= 0.3 is 0 Å². The van der Waals surface area contributed by atoms with Crippen LogP contribution >= 0.6 is 0 Å². The second-order valence-corrected chi connectivity index (χ2v) is 4.89. The zero-order valence-electron chi connectivity index (χ0n) is 10.8. The molecule has 0 unspecified atom stereocenters. The second kappa shape index (κ2) is 6.01. The molecular formula is C12H23N3O. The number of hydrogen-bond acceptors (Lipinski definition) is 3. The lowest BCUT2D eigenvalue weighted by atomic mass is 9.89. The van der Waals surface area contributed by atoms with Gasteiger partial charge in [-0.2, -0.15) is 5.10 Å². The number of aromatic nitrogens is 2. The fraction of sp³-hybridized carbons (Fsp3) is 0.750. The van der Waals surface area contributed by atoms with Crippen LogP contribution in [0, 0.1) is 0 Å². The van der Waals surface area contributed by atoms with Crippen molar-refractivity contribution in [1.82, 2.24) is 15.5 Å². The second-order valence-electron chi connectivity index (χ2n) is 4.89. The van der Waals surface area contributed by atoms with Crippen LogP contribution in [0.5, 0.6) is 0 Å². The zero-order valence-corrected chi connectivity index (χ0v) is 10.8. The normalized spacial score (nSPS) is 12.0. The molecule has 0 amide bonds. The van der Waals surface area contributed by atoms with E-state index < -0.39 is 0 Å². The molecule has 0 radical (unpaired) electrons. The van der Waals surface area contributed by atoms with Crippen LogP contribution < -0.4 is 5.32 Å². The molecule has 1 rings (SSSR count). The van der Waals surface area contributed by atoms with Crippen molar-refractivity contribution in [2.75, 3.05) is 19.8 Å². The minimum Gasteiger partial charge on any atom is -0.380 e. The summed E-state index contributed by atoms with van der Waals surface area (Å²) in [6, 6.07) is 0. The van der Waals surface area contributed by atoms with E-state index in [-0.39, 0.29) is 5.41 Å². The van der Waals surface area contributed by atoms with E-state index in [0.29, 0.717) is 0 Å². The van der Waals surface area contributed by atoms with E-state index in [0.717, 1.165) is 26.3 Å². The van der Waals surface area contributed by atoms with Gasteiger partial charge in [-0.3, -0.25) is 5.10 Å². The molecule has 0 bridgehead atoms. The maximum absolute atomic E-state index is 5.26. The molecule has 1 aromatic heterocycles. The minimum absolute atomic E-state index is 0.118. The standard InChI is InChI=1S/C12H23N3O/c1-5-16-7-6-13-8-10-9-14-15-11(10)12(2,3)4/h9,13H,5-8H2,1-4H3,(H,14,15). The molecule has 1 heterocycles. The Balaban J connectivity index is 2.40. The summed E-state index contributed by atoms with van der Waals surface area (Å²) in [4.78, 5) is 0. The molecule has 0 saturated carbocycles. The highest BCUT2D eigenvalue weighted by Gasteiger charge is 2.19. The predicted molar refractivity (Wildman–Crippen MR) is 65.5 cm³/mol. The quantitative estimate of drug-likeness (QED) is 0.726. The lowest BCUT2D eigenvalue weighted by Crippen LogP contribution is -2.22. The SMILES string of the molecule is CCOCCNCc1cn[nH]c1C(C)(C)C. The summed E-state index contributed by atoms with van der Waals surface area (Å²) in [6.45, 7) is 11.8. The molecule has 0 aliphatic heterocycles. The zero-order chi connectivity index (χ0) is 12.0. The van der Waals surface area contributed by atoms with E-state index in [9.17, 15) is 0 Å². The topological polar surface area (TPSA) is 49.9 Å². The minimum atomic E-state index is 0.118. The first-order chi connectivity index (χ1) is 7.55. The van der Waals surface area contributed by atoms with Gasteiger partial charge in [0.15, 0.2) is 0 Å². The van der Waals surface area contributed by atoms with Crippen molar-refractivity contribution in [3.63, 3.8) is 0 Å². The highest BCUT2D eigenvalue weighted by atomic mass is 16.5. The van der Waals surface area contributed by atoms with E-state index >= 15 is 0 Å². The van der Waals surface area contributed by atoms with Crippen LogP contribution in [0.25, 0.3) is 0 Å². The van der Waals surface area contributed by atoms with Crippen molar-refractivity contribution < 1.29 is 4.74 Å². The summed E-state index contributed by atoms with van der Waals surface area (Å²) >= 11 is 0. The molecule has 4 heteroatoms. The molecule has 0 aliphatic rings. The van der Waals surface area contributed by atoms with Crippen LogP contribution in [0.4, 0.5) is 0 Å². The van der Waals surface area contributed by atoms with Crippen molar-refractivity contribution in [3.05, 3.63) is 17.5 Å². The van der Waals surface area contributed by atoms with Crippen molar-refractivity contribution >= 4 is 0 Å². The average molecular weight is 225 g/mol. The summed E-state index contributed by atoms with van der Waals surface area (Å²) in [5, 5.41) is 10.5. The first-order valence-corrected chi connectivity index (χ1v) is 5.87. The first-order valence-electron chi connectivity index (χ1n) is 5.87. The lowest BCUT2D eigenvalue weighted by molar-refractivity contribution is 0.149. The van der Waals surface area contributed by atoms with Crippen molar-refractivity contribution in [2.24, 2.45) is 0 Å². The van der Waals surface area contributed by atoms with Gasteiger partial charge in [0.05, 0.1) is 12.8 Å². The maximum atomic E-state index is 5.26. The van der Waals surface area contributed by atoms with Gasteiger partial charge < -0.3 is 10.1 Å². The monoisotopic (exact) mass is 225 g/mol. The molecule has 1 aromatic rings. The Morgan fingerprint density at radius 3 is 2.81 bits per heavy atom. The summed E-state index contributed by atoms with van der Waals surface area (Å²) in [5.41, 5.74) is 2.56. The summed E-state index contributed by atoms with van der Waals surface area (Å²) in [6.07, 6.45) is 1.90. The third-order valence-electron chi connectivity index (χ3n) is 2.41. The molecule has 2 N–H and O–H groups in total. The summed E-state index contributed by atoms with van der Waals surface area (Å²) in [7, 11) is 0. The van der Waals surface area contributed by atoms with Gasteiger partial charge in [-0.15, -0.1) is 0 Å². The molecule has 92 valence electrons. The van der Waals surface area contributed by atoms with Gasteiger partial charge in [0, 0.05) is 36.4 Å². The van der Waals surface area contributed by atoms with E-state index in [2.05, 4.69) is 36.3 Å². The fourth-order valence-corrected chi connectivity index (χ4v) is 1.61. The first kappa shape index (κ1) is 13.2. The molecular weight excluding hydrogens is 202 g/mol. The van der Waals surface area contributed by atoms with E-state index in [1.54, 1.807) is 0 Å². The Hall–Kier alpha value is -0.870. The molecule has 16 heavy (non-hydrogen) atoms. The summed E-state index contributed by atoms with van der Waals surface area (Å²) < 4.78 is 5.26. The Kier molecular flexibility index (Phi) is 4.96. The third kappa shape index (κ3) is 3.94. The number of aromatic amines is 1. The van der Waals surface area contributed by atoms with Crippen LogP contribution in [0.3, 0.4) is 0 Å². The Labute approximate surface area is 97.8 Å². The van der Waals surface area contributed by atoms with Gasteiger partial charge in [-0.1, -0.05) is 20.8 Å². The smallest absolute Gasteiger partial charge is 0.0590 e. The predicted octanol–water partition coefficient (Wildman–Crippen LogP) is 1.83. The maximum Gasteiger partial charge on any atom is 0.0590 e. The van der Waals surface area contributed by atoms with Crippen molar-refractivity contribution in [1.29, 1.82) is 0 Å². The van der Waals surface area contributed by atoms with Gasteiger partial charge in [0.2, 0.25) is 0 Å². The van der Waals surface area contributed by atoms with Crippen molar-refractivity contribution in [3.8, 4) is 0 Å². The van der Waals surface area contributed by atoms with E-state index in [1.165, 1.54) is 11.3 Å². The number of nitrogens with zero attached hydrogens (tertiary/aromatic N) is 1. The number of rotatable bonds is 6. The van der Waals surface area contributed by atoms with Gasteiger partial charge in [0.25, 0.3) is 0 Å². The van der Waals surface area contributed by atoms with Crippen LogP contribution in [-0.2, 0) is 16.7 Å². The molecule has 4 nitrogen and oxygen atoms in total. The lowest BCUT2D eigenvalue weighted by Gasteiger charge is -2.18. The molecule has 0 atom stereocenters. The van der Waals surface area contributed by atoms with Crippen LogP contribution in [-0.4, -0.2) is 30.0 Å². The highest BCUT2D eigenvalue weighted by molar-refractivity contribution is 5.23. The Morgan fingerprint density at radius 1 is 1.44 bits per heavy atom. The number of ether oxygens (including phenoxy) is 1. The molecule has 0 aliphatic carbocycles. The Bertz CT molecular complexity index is 301. The van der Waals surface area contributed by atoms with Gasteiger partial charge in [-0.05, 0) is 6.92 Å². The van der Waals surface area contributed by atoms with Gasteiger partial charge in [-0.25, -0.2) is 0 Å². The highest BCUT2D eigenvalue weighted by Crippen LogP contribution is 2.22.